The van der Waals surface area contributed by atoms with Crippen LogP contribution in [0.3, 0.4) is 0 Å². The molecule has 0 saturated carbocycles. The van der Waals surface area contributed by atoms with Crippen molar-refractivity contribution in [3.63, 3.8) is 0 Å². The number of carbonyl (C=O) groups is 1. The number of benzene rings is 1. The summed E-state index contributed by atoms with van der Waals surface area (Å²) in [7, 11) is 0. The zero-order valence-electron chi connectivity index (χ0n) is 10.00. The van der Waals surface area contributed by atoms with Crippen LogP contribution in [0.4, 0.5) is 0 Å². The smallest absolute Gasteiger partial charge is 0.325 e. The Balaban J connectivity index is 2.28. The molecule has 5 heteroatoms. The average Bonchev–Trinajstić information content (AvgIpc) is 2.81. The van der Waals surface area contributed by atoms with E-state index in [1.807, 2.05) is 12.1 Å². The van der Waals surface area contributed by atoms with Gasteiger partial charge in [-0.15, -0.1) is 0 Å². The van der Waals surface area contributed by atoms with Gasteiger partial charge in [-0.05, 0) is 13.0 Å². The number of aliphatic hydroxyl groups is 1. The van der Waals surface area contributed by atoms with Crippen molar-refractivity contribution in [3.8, 4) is 0 Å². The van der Waals surface area contributed by atoms with Crippen molar-refractivity contribution in [2.24, 2.45) is 5.73 Å². The summed E-state index contributed by atoms with van der Waals surface area (Å²) < 4.78 is 10.1. The van der Waals surface area contributed by atoms with E-state index >= 15 is 0 Å². The summed E-state index contributed by atoms with van der Waals surface area (Å²) in [5.41, 5.74) is 6.80. The van der Waals surface area contributed by atoms with Crippen LogP contribution in [0.25, 0.3) is 11.0 Å². The fourth-order valence-corrected chi connectivity index (χ4v) is 1.79. The van der Waals surface area contributed by atoms with E-state index < -0.39 is 18.1 Å². The highest BCUT2D eigenvalue weighted by Crippen LogP contribution is 2.27. The maximum absolute atomic E-state index is 11.5. The molecule has 0 fully saturated rings. The molecule has 96 valence electrons. The molecule has 0 aliphatic rings. The highest BCUT2D eigenvalue weighted by atomic mass is 16.5. The van der Waals surface area contributed by atoms with Gasteiger partial charge >= 0.3 is 5.97 Å². The van der Waals surface area contributed by atoms with Crippen molar-refractivity contribution >= 4 is 16.9 Å². The van der Waals surface area contributed by atoms with Gasteiger partial charge < -0.3 is 20.0 Å². The Morgan fingerprint density at radius 3 is 2.94 bits per heavy atom. The van der Waals surface area contributed by atoms with Crippen LogP contribution in [0.2, 0.25) is 0 Å². The third-order valence-electron chi connectivity index (χ3n) is 2.73. The zero-order chi connectivity index (χ0) is 13.1. The molecule has 1 aromatic heterocycles. The number of carbonyl (C=O) groups excluding carboxylic acids is 1. The Kier molecular flexibility index (Phi) is 3.64. The summed E-state index contributed by atoms with van der Waals surface area (Å²) in [6, 6.07) is 6.11. The van der Waals surface area contributed by atoms with Crippen LogP contribution in [0.15, 0.2) is 34.9 Å². The van der Waals surface area contributed by atoms with Gasteiger partial charge in [0, 0.05) is 10.9 Å². The highest BCUT2D eigenvalue weighted by Gasteiger charge is 2.27. The van der Waals surface area contributed by atoms with Gasteiger partial charge in [0.2, 0.25) is 0 Å². The van der Waals surface area contributed by atoms with Crippen molar-refractivity contribution in [2.45, 2.75) is 19.1 Å². The van der Waals surface area contributed by atoms with Gasteiger partial charge in [0.15, 0.2) is 0 Å². The number of nitrogens with two attached hydrogens (primary N) is 1. The number of ether oxygens (including phenoxy) is 1. The van der Waals surface area contributed by atoms with Crippen LogP contribution in [-0.4, -0.2) is 23.7 Å². The van der Waals surface area contributed by atoms with Crippen LogP contribution < -0.4 is 5.73 Å². The Hall–Kier alpha value is -1.85. The number of rotatable bonds is 4. The molecule has 0 aliphatic heterocycles. The number of hydrogen-bond acceptors (Lipinski definition) is 5. The number of fused-ring (bicyclic) bond motifs is 1. The predicted octanol–water partition coefficient (Wildman–Crippen LogP) is 1.36. The fraction of sp³-hybridized carbons (Fsp3) is 0.308. The molecule has 2 unspecified atom stereocenters. The first-order valence-corrected chi connectivity index (χ1v) is 5.71. The molecule has 5 nitrogen and oxygen atoms in total. The van der Waals surface area contributed by atoms with E-state index in [9.17, 15) is 9.90 Å². The van der Waals surface area contributed by atoms with Gasteiger partial charge in [-0.3, -0.25) is 4.79 Å². The molecule has 3 N–H and O–H groups in total. The Morgan fingerprint density at radius 1 is 1.50 bits per heavy atom. The number of esters is 1. The van der Waals surface area contributed by atoms with Crippen LogP contribution in [0.1, 0.15) is 18.6 Å². The van der Waals surface area contributed by atoms with Gasteiger partial charge in [0.05, 0.1) is 12.9 Å². The van der Waals surface area contributed by atoms with E-state index in [0.717, 1.165) is 5.39 Å². The number of para-hydroxylation sites is 1. The quantitative estimate of drug-likeness (QED) is 0.799. The third kappa shape index (κ3) is 2.23. The maximum atomic E-state index is 11.5. The minimum absolute atomic E-state index is 0.228. The second kappa shape index (κ2) is 5.20. The lowest BCUT2D eigenvalue weighted by Gasteiger charge is -2.16. The molecule has 0 amide bonds. The summed E-state index contributed by atoms with van der Waals surface area (Å²) in [6.07, 6.45) is 0.265. The molecule has 0 saturated heterocycles. The van der Waals surface area contributed by atoms with Gasteiger partial charge in [-0.25, -0.2) is 0 Å². The number of hydrogen-bond donors (Lipinski definition) is 2. The molecular weight excluding hydrogens is 234 g/mol. The van der Waals surface area contributed by atoms with Gasteiger partial charge in [0.25, 0.3) is 0 Å². The van der Waals surface area contributed by atoms with E-state index in [1.54, 1.807) is 19.1 Å². The molecule has 0 radical (unpaired) electrons. The lowest BCUT2D eigenvalue weighted by Crippen LogP contribution is -2.38. The molecule has 0 aliphatic carbocycles. The van der Waals surface area contributed by atoms with Gasteiger partial charge in [-0.1, -0.05) is 18.2 Å². The van der Waals surface area contributed by atoms with E-state index in [2.05, 4.69) is 0 Å². The van der Waals surface area contributed by atoms with Gasteiger partial charge in [-0.2, -0.15) is 0 Å². The third-order valence-corrected chi connectivity index (χ3v) is 2.73. The monoisotopic (exact) mass is 249 g/mol. The van der Waals surface area contributed by atoms with E-state index in [-0.39, 0.29) is 6.61 Å². The first-order valence-electron chi connectivity index (χ1n) is 5.71. The normalized spacial score (nSPS) is 14.4. The van der Waals surface area contributed by atoms with E-state index in [4.69, 9.17) is 14.9 Å². The lowest BCUT2D eigenvalue weighted by atomic mass is 10.0. The summed E-state index contributed by atoms with van der Waals surface area (Å²) >= 11 is 0. The first-order chi connectivity index (χ1) is 8.65. The van der Waals surface area contributed by atoms with Crippen LogP contribution in [-0.2, 0) is 9.53 Å². The lowest BCUT2D eigenvalue weighted by molar-refractivity contribution is -0.147. The van der Waals surface area contributed by atoms with Crippen molar-refractivity contribution in [1.29, 1.82) is 0 Å². The van der Waals surface area contributed by atoms with E-state index in [0.29, 0.717) is 11.1 Å². The Labute approximate surface area is 104 Å². The maximum Gasteiger partial charge on any atom is 0.325 e. The second-order valence-electron chi connectivity index (χ2n) is 3.91. The molecule has 2 rings (SSSR count). The van der Waals surface area contributed by atoms with Crippen LogP contribution in [0.5, 0.6) is 0 Å². The topological polar surface area (TPSA) is 85.7 Å². The number of furan rings is 1. The molecule has 2 atom stereocenters. The molecular formula is C13H15NO4. The summed E-state index contributed by atoms with van der Waals surface area (Å²) in [6.45, 7) is 1.91. The fourth-order valence-electron chi connectivity index (χ4n) is 1.79. The van der Waals surface area contributed by atoms with Crippen molar-refractivity contribution in [3.05, 3.63) is 36.1 Å². The van der Waals surface area contributed by atoms with E-state index in [1.165, 1.54) is 6.26 Å². The standard InChI is InChI=1S/C13H15NO4/c1-2-17-13(16)11(14)12(15)9-7-18-10-6-4-3-5-8(9)10/h3-7,11-12,15H,2,14H2,1H3. The van der Waals surface area contributed by atoms with Crippen molar-refractivity contribution in [2.75, 3.05) is 6.61 Å². The first kappa shape index (κ1) is 12.6. The Bertz CT molecular complexity index is 549. The second-order valence-corrected chi connectivity index (χ2v) is 3.91. The zero-order valence-corrected chi connectivity index (χ0v) is 10.00. The molecule has 1 heterocycles. The summed E-state index contributed by atoms with van der Waals surface area (Å²) in [5, 5.41) is 10.8. The Morgan fingerprint density at radius 2 is 2.22 bits per heavy atom. The van der Waals surface area contributed by atoms with Gasteiger partial charge in [0.1, 0.15) is 17.7 Å². The van der Waals surface area contributed by atoms with Crippen LogP contribution >= 0.6 is 0 Å². The van der Waals surface area contributed by atoms with Crippen LogP contribution in [0, 0.1) is 0 Å². The molecule has 1 aromatic carbocycles. The predicted molar refractivity (Wildman–Crippen MR) is 65.8 cm³/mol. The summed E-state index contributed by atoms with van der Waals surface area (Å²) in [5.74, 6) is -0.629. The molecule has 0 bridgehead atoms. The molecule has 0 spiro atoms. The minimum atomic E-state index is -1.15. The summed E-state index contributed by atoms with van der Waals surface area (Å²) in [4.78, 5) is 11.5. The highest BCUT2D eigenvalue weighted by molar-refractivity contribution is 5.83. The van der Waals surface area contributed by atoms with Crippen molar-refractivity contribution in [1.82, 2.24) is 0 Å². The van der Waals surface area contributed by atoms with Crippen molar-refractivity contribution < 1.29 is 19.1 Å². The number of aliphatic hydroxyl groups excluding tert-OH is 1. The SMILES string of the molecule is CCOC(=O)C(N)C(O)c1coc2ccccc12. The molecule has 2 aromatic rings. The minimum Gasteiger partial charge on any atom is -0.465 e. The largest absolute Gasteiger partial charge is 0.465 e. The average molecular weight is 249 g/mol. The molecule has 18 heavy (non-hydrogen) atoms.